The molecule has 0 saturated carbocycles. The van der Waals surface area contributed by atoms with Crippen molar-refractivity contribution >= 4 is 34.5 Å². The molecule has 6 rings (SSSR count). The Hall–Kier alpha value is -5.39. The van der Waals surface area contributed by atoms with Crippen LogP contribution in [0.15, 0.2) is 72.8 Å². The quantitative estimate of drug-likeness (QED) is 0.303. The fourth-order valence-electron chi connectivity index (χ4n) is 4.82. The number of rotatable bonds is 7. The standard InChI is InChI=1S/C30H29N7O5/c1-40-24-13-12-20(16-25(24)41-2)26-34-27-21-10-6-7-11-22(21)32-29(37(27)35-26)33-23-17-36(15-14-31-28(23)38)30(39)42-18-19-8-4-3-5-9-19/h3-13,16,23H,14-15,17-18H2,1-2H3,(H,31,38)(H,32,33)/t23-/m1/s1. The van der Waals surface area contributed by atoms with Gasteiger partial charge < -0.3 is 29.7 Å². The predicted octanol–water partition coefficient (Wildman–Crippen LogP) is 3.51. The van der Waals surface area contributed by atoms with Gasteiger partial charge in [-0.1, -0.05) is 42.5 Å². The smallest absolute Gasteiger partial charge is 0.410 e. The first kappa shape index (κ1) is 26.8. The van der Waals surface area contributed by atoms with Crippen LogP contribution in [-0.4, -0.2) is 76.4 Å². The first-order chi connectivity index (χ1) is 20.5. The van der Waals surface area contributed by atoms with Crippen LogP contribution in [0.4, 0.5) is 10.7 Å². The van der Waals surface area contributed by atoms with Gasteiger partial charge >= 0.3 is 6.09 Å². The second-order valence-electron chi connectivity index (χ2n) is 9.67. The number of benzene rings is 3. The molecule has 0 unspecified atom stereocenters. The summed E-state index contributed by atoms with van der Waals surface area (Å²) in [6.07, 6.45) is -0.504. The Morgan fingerprint density at radius 1 is 1.00 bits per heavy atom. The molecule has 12 heteroatoms. The number of nitrogens with zero attached hydrogens (tertiary/aromatic N) is 5. The van der Waals surface area contributed by atoms with Crippen molar-refractivity contribution in [3.63, 3.8) is 0 Å². The van der Waals surface area contributed by atoms with Gasteiger partial charge in [0.2, 0.25) is 11.9 Å². The molecule has 42 heavy (non-hydrogen) atoms. The van der Waals surface area contributed by atoms with Crippen LogP contribution >= 0.6 is 0 Å². The molecule has 2 amide bonds. The van der Waals surface area contributed by atoms with E-state index in [4.69, 9.17) is 29.3 Å². The Balaban J connectivity index is 1.32. The van der Waals surface area contributed by atoms with Crippen molar-refractivity contribution in [1.29, 1.82) is 0 Å². The zero-order chi connectivity index (χ0) is 29.1. The number of nitrogens with one attached hydrogen (secondary N) is 2. The molecule has 1 aliphatic heterocycles. The van der Waals surface area contributed by atoms with Gasteiger partial charge in [0.05, 0.1) is 26.3 Å². The van der Waals surface area contributed by atoms with Crippen molar-refractivity contribution < 1.29 is 23.8 Å². The van der Waals surface area contributed by atoms with Gasteiger partial charge in [0.1, 0.15) is 12.6 Å². The number of carbonyl (C=O) groups excluding carboxylic acids is 2. The number of methoxy groups -OCH3 is 2. The zero-order valence-corrected chi connectivity index (χ0v) is 23.1. The molecule has 2 aromatic heterocycles. The van der Waals surface area contributed by atoms with Crippen LogP contribution in [0.1, 0.15) is 5.56 Å². The minimum absolute atomic E-state index is 0.0761. The number of ether oxygens (including phenoxy) is 3. The summed E-state index contributed by atoms with van der Waals surface area (Å²) in [6, 6.07) is 21.6. The van der Waals surface area contributed by atoms with E-state index in [0.717, 1.165) is 10.9 Å². The van der Waals surface area contributed by atoms with E-state index in [1.54, 1.807) is 30.9 Å². The van der Waals surface area contributed by atoms with Crippen molar-refractivity contribution in [3.05, 3.63) is 78.4 Å². The number of fused-ring (bicyclic) bond motifs is 3. The van der Waals surface area contributed by atoms with Crippen molar-refractivity contribution in [2.75, 3.05) is 39.2 Å². The van der Waals surface area contributed by atoms with E-state index >= 15 is 0 Å². The van der Waals surface area contributed by atoms with E-state index in [1.165, 1.54) is 4.90 Å². The average Bonchev–Trinajstić information content (AvgIpc) is 3.40. The third kappa shape index (κ3) is 5.33. The van der Waals surface area contributed by atoms with Crippen molar-refractivity contribution in [3.8, 4) is 22.9 Å². The van der Waals surface area contributed by atoms with Gasteiger partial charge in [-0.05, 0) is 35.9 Å². The van der Waals surface area contributed by atoms with Crippen LogP contribution in [0.3, 0.4) is 0 Å². The van der Waals surface area contributed by atoms with E-state index in [0.29, 0.717) is 53.1 Å². The second kappa shape index (κ2) is 11.6. The molecular formula is C30H29N7O5. The summed E-state index contributed by atoms with van der Waals surface area (Å²) < 4.78 is 17.9. The molecule has 0 aliphatic carbocycles. The highest BCUT2D eigenvalue weighted by molar-refractivity contribution is 5.93. The fraction of sp³-hybridized carbons (Fsp3) is 0.233. The number of amides is 2. The van der Waals surface area contributed by atoms with Gasteiger partial charge in [-0.15, -0.1) is 5.10 Å². The van der Waals surface area contributed by atoms with Crippen molar-refractivity contribution in [1.82, 2.24) is 29.8 Å². The summed E-state index contributed by atoms with van der Waals surface area (Å²) in [4.78, 5) is 37.1. The first-order valence-electron chi connectivity index (χ1n) is 13.4. The lowest BCUT2D eigenvalue weighted by Gasteiger charge is -2.23. The molecule has 2 N–H and O–H groups in total. The third-order valence-electron chi connectivity index (χ3n) is 6.99. The van der Waals surface area contributed by atoms with E-state index < -0.39 is 12.1 Å². The van der Waals surface area contributed by atoms with Gasteiger partial charge in [-0.25, -0.2) is 14.8 Å². The number of hydrogen-bond donors (Lipinski definition) is 2. The van der Waals surface area contributed by atoms with Gasteiger partial charge in [0.25, 0.3) is 0 Å². The number of anilines is 1. The lowest BCUT2D eigenvalue weighted by molar-refractivity contribution is -0.121. The Kier molecular flexibility index (Phi) is 7.41. The molecule has 1 fully saturated rings. The highest BCUT2D eigenvalue weighted by atomic mass is 16.6. The molecule has 0 bridgehead atoms. The third-order valence-corrected chi connectivity index (χ3v) is 6.99. The van der Waals surface area contributed by atoms with Gasteiger partial charge in [0, 0.05) is 24.0 Å². The lowest BCUT2D eigenvalue weighted by Crippen LogP contribution is -2.44. The number of aromatic nitrogens is 4. The zero-order valence-electron chi connectivity index (χ0n) is 23.1. The van der Waals surface area contributed by atoms with Gasteiger partial charge in [0.15, 0.2) is 23.0 Å². The van der Waals surface area contributed by atoms with E-state index in [9.17, 15) is 9.59 Å². The van der Waals surface area contributed by atoms with Crippen LogP contribution in [-0.2, 0) is 16.1 Å². The minimum atomic E-state index is -0.817. The Morgan fingerprint density at radius 2 is 1.79 bits per heavy atom. The van der Waals surface area contributed by atoms with E-state index in [1.807, 2.05) is 60.7 Å². The topological polar surface area (TPSA) is 132 Å². The Bertz CT molecular complexity index is 1760. The predicted molar refractivity (Wildman–Crippen MR) is 155 cm³/mol. The van der Waals surface area contributed by atoms with E-state index in [2.05, 4.69) is 10.6 Å². The molecule has 3 heterocycles. The minimum Gasteiger partial charge on any atom is -0.493 e. The average molecular weight is 568 g/mol. The van der Waals surface area contributed by atoms with Crippen LogP contribution in [0.2, 0.25) is 0 Å². The maximum absolute atomic E-state index is 13.1. The molecule has 0 spiro atoms. The van der Waals surface area contributed by atoms with Crippen LogP contribution < -0.4 is 20.1 Å². The number of carbonyl (C=O) groups is 2. The van der Waals surface area contributed by atoms with Crippen molar-refractivity contribution in [2.24, 2.45) is 0 Å². The second-order valence-corrected chi connectivity index (χ2v) is 9.67. The molecule has 1 saturated heterocycles. The van der Waals surface area contributed by atoms with Crippen LogP contribution in [0.5, 0.6) is 11.5 Å². The van der Waals surface area contributed by atoms with Crippen LogP contribution in [0.25, 0.3) is 27.9 Å². The molecule has 1 atom stereocenters. The Labute approximate surface area is 241 Å². The monoisotopic (exact) mass is 567 g/mol. The van der Waals surface area contributed by atoms with Crippen LogP contribution in [0, 0.1) is 0 Å². The maximum Gasteiger partial charge on any atom is 0.410 e. The highest BCUT2D eigenvalue weighted by Gasteiger charge is 2.30. The lowest BCUT2D eigenvalue weighted by atomic mass is 10.2. The molecule has 1 aliphatic rings. The summed E-state index contributed by atoms with van der Waals surface area (Å²) in [5.74, 6) is 1.61. The summed E-state index contributed by atoms with van der Waals surface area (Å²) in [6.45, 7) is 0.822. The Morgan fingerprint density at radius 3 is 2.60 bits per heavy atom. The maximum atomic E-state index is 13.1. The fourth-order valence-corrected chi connectivity index (χ4v) is 4.82. The van der Waals surface area contributed by atoms with Gasteiger partial charge in [-0.3, -0.25) is 4.79 Å². The summed E-state index contributed by atoms with van der Waals surface area (Å²) in [7, 11) is 3.14. The molecule has 12 nitrogen and oxygen atoms in total. The summed E-state index contributed by atoms with van der Waals surface area (Å²) >= 11 is 0. The SMILES string of the molecule is COc1ccc(-c2nc3c4ccccc4nc(N[C@@H]4CN(C(=O)OCc5ccccc5)CCNC4=O)n3n2)cc1OC. The van der Waals surface area contributed by atoms with Gasteiger partial charge in [-0.2, -0.15) is 4.52 Å². The molecule has 3 aromatic carbocycles. The van der Waals surface area contributed by atoms with Crippen molar-refractivity contribution in [2.45, 2.75) is 12.6 Å². The normalized spacial score (nSPS) is 15.2. The number of para-hydroxylation sites is 1. The summed E-state index contributed by atoms with van der Waals surface area (Å²) in [5.41, 5.74) is 2.82. The first-order valence-corrected chi connectivity index (χ1v) is 13.4. The molecule has 5 aromatic rings. The van der Waals surface area contributed by atoms with E-state index in [-0.39, 0.29) is 19.1 Å². The molecule has 214 valence electrons. The largest absolute Gasteiger partial charge is 0.493 e. The molecular weight excluding hydrogens is 538 g/mol. The summed E-state index contributed by atoms with van der Waals surface area (Å²) in [5, 5.41) is 11.6. The highest BCUT2D eigenvalue weighted by Crippen LogP contribution is 2.32. The number of hydrogen-bond acceptors (Lipinski definition) is 9. The molecule has 0 radical (unpaired) electrons.